The van der Waals surface area contributed by atoms with Crippen molar-refractivity contribution in [1.82, 2.24) is 15.5 Å². The maximum atomic E-state index is 12.1. The Bertz CT molecular complexity index is 307. The summed E-state index contributed by atoms with van der Waals surface area (Å²) in [6, 6.07) is 1.42. The van der Waals surface area contributed by atoms with Gasteiger partial charge in [0, 0.05) is 49.1 Å². The minimum Gasteiger partial charge on any atom is -0.352 e. The van der Waals surface area contributed by atoms with E-state index < -0.39 is 0 Å². The number of fused-ring (bicyclic) bond motifs is 1. The van der Waals surface area contributed by atoms with Crippen LogP contribution < -0.4 is 10.6 Å². The van der Waals surface area contributed by atoms with Crippen molar-refractivity contribution in [3.05, 3.63) is 0 Å². The Labute approximate surface area is 113 Å². The molecule has 1 amide bonds. The first kappa shape index (κ1) is 12.8. The van der Waals surface area contributed by atoms with Gasteiger partial charge < -0.3 is 10.6 Å². The van der Waals surface area contributed by atoms with Crippen molar-refractivity contribution in [2.45, 2.75) is 43.8 Å². The van der Waals surface area contributed by atoms with Gasteiger partial charge in [-0.05, 0) is 25.8 Å². The molecule has 0 aromatic rings. The fourth-order valence-corrected chi connectivity index (χ4v) is 4.44. The van der Waals surface area contributed by atoms with Crippen molar-refractivity contribution in [3.8, 4) is 0 Å². The number of carbonyl (C=O) groups excluding carboxylic acids is 1. The normalized spacial score (nSPS) is 36.6. The van der Waals surface area contributed by atoms with Gasteiger partial charge in [-0.15, -0.1) is 0 Å². The summed E-state index contributed by atoms with van der Waals surface area (Å²) in [5, 5.41) is 6.70. The first-order valence-electron chi connectivity index (χ1n) is 7.17. The quantitative estimate of drug-likeness (QED) is 0.780. The topological polar surface area (TPSA) is 44.4 Å². The Morgan fingerprint density at radius 1 is 1.39 bits per heavy atom. The average molecular weight is 269 g/mol. The molecule has 3 rings (SSSR count). The second-order valence-electron chi connectivity index (χ2n) is 5.64. The molecule has 0 spiro atoms. The maximum absolute atomic E-state index is 12.1. The highest BCUT2D eigenvalue weighted by atomic mass is 32.2. The van der Waals surface area contributed by atoms with Crippen molar-refractivity contribution in [1.29, 1.82) is 0 Å². The zero-order valence-electron chi connectivity index (χ0n) is 10.9. The van der Waals surface area contributed by atoms with Gasteiger partial charge in [-0.3, -0.25) is 9.69 Å². The highest BCUT2D eigenvalue weighted by Gasteiger charge is 2.37. The van der Waals surface area contributed by atoms with E-state index in [0.717, 1.165) is 18.7 Å². The molecule has 4 nitrogen and oxygen atoms in total. The molecule has 0 aliphatic carbocycles. The van der Waals surface area contributed by atoms with Gasteiger partial charge in [0.05, 0.1) is 0 Å². The lowest BCUT2D eigenvalue weighted by Crippen LogP contribution is -2.46. The van der Waals surface area contributed by atoms with Crippen LogP contribution in [-0.4, -0.2) is 60.1 Å². The summed E-state index contributed by atoms with van der Waals surface area (Å²) in [7, 11) is 0. The van der Waals surface area contributed by atoms with Crippen molar-refractivity contribution in [3.63, 3.8) is 0 Å². The van der Waals surface area contributed by atoms with Gasteiger partial charge in [-0.1, -0.05) is 0 Å². The van der Waals surface area contributed by atoms with Crippen molar-refractivity contribution >= 4 is 17.7 Å². The summed E-state index contributed by atoms with van der Waals surface area (Å²) in [4.78, 5) is 14.6. The molecule has 102 valence electrons. The number of nitrogens with zero attached hydrogens (tertiary/aromatic N) is 1. The molecule has 5 heteroatoms. The van der Waals surface area contributed by atoms with E-state index in [9.17, 15) is 4.79 Å². The first-order chi connectivity index (χ1) is 8.83. The summed E-state index contributed by atoms with van der Waals surface area (Å²) in [5.74, 6) is 2.50. The Balaban J connectivity index is 1.45. The largest absolute Gasteiger partial charge is 0.352 e. The summed E-state index contributed by atoms with van der Waals surface area (Å²) in [5.41, 5.74) is 0. The van der Waals surface area contributed by atoms with Crippen LogP contribution >= 0.6 is 11.8 Å². The molecule has 3 fully saturated rings. The van der Waals surface area contributed by atoms with Crippen LogP contribution in [0.4, 0.5) is 0 Å². The molecule has 0 aromatic carbocycles. The molecule has 0 bridgehead atoms. The smallest absolute Gasteiger partial charge is 0.221 e. The van der Waals surface area contributed by atoms with Gasteiger partial charge in [0.15, 0.2) is 0 Å². The average Bonchev–Trinajstić information content (AvgIpc) is 2.95. The number of nitrogens with one attached hydrogen (secondary N) is 2. The number of carbonyl (C=O) groups is 1. The second kappa shape index (κ2) is 5.80. The fourth-order valence-electron chi connectivity index (χ4n) is 3.49. The van der Waals surface area contributed by atoms with Gasteiger partial charge in [0.25, 0.3) is 0 Å². The number of thioether (sulfide) groups is 1. The fraction of sp³-hybridized carbons (Fsp3) is 0.923. The minimum absolute atomic E-state index is 0.244. The van der Waals surface area contributed by atoms with E-state index in [1.54, 1.807) is 0 Å². The van der Waals surface area contributed by atoms with E-state index in [0.29, 0.717) is 24.5 Å². The SMILES string of the molecule is O=C(CC1CSCCN1)NC1CCN2CCCC12. The monoisotopic (exact) mass is 269 g/mol. The van der Waals surface area contributed by atoms with Crippen molar-refractivity contribution in [2.24, 2.45) is 0 Å². The number of rotatable bonds is 3. The summed E-state index contributed by atoms with van der Waals surface area (Å²) in [6.45, 7) is 3.45. The molecule has 0 aromatic heterocycles. The van der Waals surface area contributed by atoms with E-state index in [1.807, 2.05) is 11.8 Å². The predicted octanol–water partition coefficient (Wildman–Crippen LogP) is 0.434. The van der Waals surface area contributed by atoms with Gasteiger partial charge >= 0.3 is 0 Å². The predicted molar refractivity (Wildman–Crippen MR) is 74.9 cm³/mol. The van der Waals surface area contributed by atoms with Gasteiger partial charge in [0.1, 0.15) is 0 Å². The molecule has 3 saturated heterocycles. The summed E-state index contributed by atoms with van der Waals surface area (Å²) in [6.07, 6.45) is 4.36. The van der Waals surface area contributed by atoms with Crippen molar-refractivity contribution < 1.29 is 4.79 Å². The van der Waals surface area contributed by atoms with Crippen LogP contribution in [0.1, 0.15) is 25.7 Å². The molecule has 0 saturated carbocycles. The van der Waals surface area contributed by atoms with Crippen molar-refractivity contribution in [2.75, 3.05) is 31.1 Å². The zero-order valence-corrected chi connectivity index (χ0v) is 11.7. The van der Waals surface area contributed by atoms with E-state index in [2.05, 4.69) is 15.5 Å². The van der Waals surface area contributed by atoms with Crippen LogP contribution in [0.25, 0.3) is 0 Å². The van der Waals surface area contributed by atoms with Crippen LogP contribution in [0.2, 0.25) is 0 Å². The molecule has 3 aliphatic rings. The summed E-state index contributed by atoms with van der Waals surface area (Å²) >= 11 is 1.95. The lowest BCUT2D eigenvalue weighted by atomic mass is 10.1. The molecule has 3 atom stereocenters. The lowest BCUT2D eigenvalue weighted by molar-refractivity contribution is -0.122. The van der Waals surface area contributed by atoms with Crippen LogP contribution in [0.5, 0.6) is 0 Å². The Morgan fingerprint density at radius 2 is 2.33 bits per heavy atom. The van der Waals surface area contributed by atoms with Crippen LogP contribution in [0, 0.1) is 0 Å². The van der Waals surface area contributed by atoms with Gasteiger partial charge in [-0.25, -0.2) is 0 Å². The summed E-state index contributed by atoms with van der Waals surface area (Å²) < 4.78 is 0. The van der Waals surface area contributed by atoms with Gasteiger partial charge in [0.2, 0.25) is 5.91 Å². The number of amides is 1. The van der Waals surface area contributed by atoms with E-state index in [1.165, 1.54) is 31.7 Å². The minimum atomic E-state index is 0.244. The molecular weight excluding hydrogens is 246 g/mol. The van der Waals surface area contributed by atoms with E-state index in [-0.39, 0.29) is 5.91 Å². The zero-order chi connectivity index (χ0) is 12.4. The van der Waals surface area contributed by atoms with E-state index in [4.69, 9.17) is 0 Å². The highest BCUT2D eigenvalue weighted by molar-refractivity contribution is 7.99. The molecule has 3 unspecified atom stereocenters. The molecular formula is C13H23N3OS. The molecule has 18 heavy (non-hydrogen) atoms. The van der Waals surface area contributed by atoms with Crippen LogP contribution in [0.3, 0.4) is 0 Å². The third-order valence-corrected chi connectivity index (χ3v) is 5.51. The molecule has 2 N–H and O–H groups in total. The van der Waals surface area contributed by atoms with Crippen LogP contribution in [0.15, 0.2) is 0 Å². The molecule has 3 heterocycles. The number of hydrogen-bond donors (Lipinski definition) is 2. The molecule has 0 radical (unpaired) electrons. The first-order valence-corrected chi connectivity index (χ1v) is 8.33. The standard InChI is InChI=1S/C13H23N3OS/c17-13(8-10-9-18-7-4-14-10)15-11-3-6-16-5-1-2-12(11)16/h10-12,14H,1-9H2,(H,15,17). The Hall–Kier alpha value is -0.260. The second-order valence-corrected chi connectivity index (χ2v) is 6.79. The third-order valence-electron chi connectivity index (χ3n) is 4.38. The lowest BCUT2D eigenvalue weighted by Gasteiger charge is -2.25. The number of hydrogen-bond acceptors (Lipinski definition) is 4. The highest BCUT2D eigenvalue weighted by Crippen LogP contribution is 2.27. The van der Waals surface area contributed by atoms with Crippen LogP contribution in [-0.2, 0) is 4.79 Å². The maximum Gasteiger partial charge on any atom is 0.221 e. The van der Waals surface area contributed by atoms with Gasteiger partial charge in [-0.2, -0.15) is 11.8 Å². The third kappa shape index (κ3) is 2.83. The Morgan fingerprint density at radius 3 is 3.17 bits per heavy atom. The van der Waals surface area contributed by atoms with E-state index >= 15 is 0 Å². The Kier molecular flexibility index (Phi) is 4.11. The molecule has 3 aliphatic heterocycles.